The Bertz CT molecular complexity index is 415. The molecule has 0 aromatic heterocycles. The van der Waals surface area contributed by atoms with Gasteiger partial charge in [-0.2, -0.15) is 0 Å². The second kappa shape index (κ2) is 5.58. The van der Waals surface area contributed by atoms with Crippen LogP contribution in [-0.2, 0) is 0 Å². The maximum Gasteiger partial charge on any atom is 0.0408 e. The molecule has 90 valence electrons. The first-order valence-corrected chi connectivity index (χ1v) is 6.52. The van der Waals surface area contributed by atoms with Crippen molar-refractivity contribution in [2.24, 2.45) is 0 Å². The predicted molar refractivity (Wildman–Crippen MR) is 73.3 cm³/mol. The zero-order valence-electron chi connectivity index (χ0n) is 10.1. The first-order chi connectivity index (χ1) is 8.19. The second-order valence-electron chi connectivity index (χ2n) is 4.90. The maximum absolute atomic E-state index is 5.99. The summed E-state index contributed by atoms with van der Waals surface area (Å²) in [5.74, 6) is 3.35. The average molecular weight is 248 g/mol. The molecule has 1 aromatic carbocycles. The van der Waals surface area contributed by atoms with Crippen LogP contribution in [0.15, 0.2) is 24.3 Å². The first-order valence-electron chi connectivity index (χ1n) is 6.14. The van der Waals surface area contributed by atoms with Crippen molar-refractivity contribution in [2.45, 2.75) is 44.2 Å². The van der Waals surface area contributed by atoms with Gasteiger partial charge in [0, 0.05) is 23.5 Å². The Morgan fingerprint density at radius 1 is 1.53 bits per heavy atom. The van der Waals surface area contributed by atoms with E-state index < -0.39 is 0 Å². The van der Waals surface area contributed by atoms with E-state index >= 15 is 0 Å². The molecule has 0 aliphatic heterocycles. The van der Waals surface area contributed by atoms with Gasteiger partial charge in [0.05, 0.1) is 0 Å². The highest BCUT2D eigenvalue weighted by atomic mass is 35.5. The molecule has 2 rings (SSSR count). The van der Waals surface area contributed by atoms with Crippen LogP contribution in [-0.4, -0.2) is 12.1 Å². The second-order valence-corrected chi connectivity index (χ2v) is 5.33. The number of nitrogens with one attached hydrogen (secondary N) is 1. The molecule has 1 aliphatic carbocycles. The number of hydrogen-bond donors (Lipinski definition) is 1. The van der Waals surface area contributed by atoms with E-state index in [-0.39, 0.29) is 0 Å². The lowest BCUT2D eigenvalue weighted by Gasteiger charge is -2.38. The van der Waals surface area contributed by atoms with Crippen molar-refractivity contribution >= 4 is 11.6 Å². The molecule has 0 heterocycles. The Hall–Kier alpha value is -0.970. The molecule has 0 saturated heterocycles. The number of terminal acetylenes is 1. The van der Waals surface area contributed by atoms with Crippen molar-refractivity contribution in [3.8, 4) is 12.3 Å². The molecule has 1 aliphatic rings. The molecule has 0 radical (unpaired) electrons. The zero-order valence-corrected chi connectivity index (χ0v) is 10.9. The summed E-state index contributed by atoms with van der Waals surface area (Å²) in [4.78, 5) is 0. The predicted octanol–water partition coefficient (Wildman–Crippen LogP) is 3.59. The molecule has 1 unspecified atom stereocenters. The van der Waals surface area contributed by atoms with E-state index in [1.54, 1.807) is 0 Å². The molecular formula is C15H18ClN. The largest absolute Gasteiger partial charge is 0.311 e. The molecule has 1 N–H and O–H groups in total. The first kappa shape index (κ1) is 12.5. The van der Waals surface area contributed by atoms with E-state index in [9.17, 15) is 0 Å². The molecule has 1 nitrogen and oxygen atoms in total. The molecular weight excluding hydrogens is 230 g/mol. The quantitative estimate of drug-likeness (QED) is 0.802. The summed E-state index contributed by atoms with van der Waals surface area (Å²) in [6, 6.07) is 9.23. The molecule has 0 amide bonds. The van der Waals surface area contributed by atoms with E-state index in [1.165, 1.54) is 18.4 Å². The van der Waals surface area contributed by atoms with Crippen LogP contribution in [0.4, 0.5) is 0 Å². The van der Waals surface area contributed by atoms with Gasteiger partial charge in [-0.1, -0.05) is 23.7 Å². The van der Waals surface area contributed by atoms with Crippen molar-refractivity contribution in [1.29, 1.82) is 0 Å². The average Bonchev–Trinajstić information content (AvgIpc) is 2.23. The monoisotopic (exact) mass is 247 g/mol. The third-order valence-corrected chi connectivity index (χ3v) is 3.64. The molecule has 0 bridgehead atoms. The van der Waals surface area contributed by atoms with Crippen LogP contribution < -0.4 is 5.32 Å². The lowest BCUT2D eigenvalue weighted by Crippen LogP contribution is -2.44. The normalized spacial score (nSPS) is 24.8. The van der Waals surface area contributed by atoms with Gasteiger partial charge in [-0.15, -0.1) is 12.3 Å². The number of benzene rings is 1. The molecule has 1 fully saturated rings. The molecule has 17 heavy (non-hydrogen) atoms. The van der Waals surface area contributed by atoms with Crippen LogP contribution in [0.1, 0.15) is 37.7 Å². The summed E-state index contributed by atoms with van der Waals surface area (Å²) in [5, 5.41) is 4.39. The van der Waals surface area contributed by atoms with Crippen LogP contribution in [0.3, 0.4) is 0 Å². The summed E-state index contributed by atoms with van der Waals surface area (Å²) < 4.78 is 0. The van der Waals surface area contributed by atoms with Crippen molar-refractivity contribution in [1.82, 2.24) is 5.32 Å². The molecule has 0 spiro atoms. The minimum Gasteiger partial charge on any atom is -0.311 e. The van der Waals surface area contributed by atoms with Crippen LogP contribution in [0.25, 0.3) is 0 Å². The Morgan fingerprint density at radius 3 is 2.94 bits per heavy atom. The van der Waals surface area contributed by atoms with Gasteiger partial charge in [0.2, 0.25) is 0 Å². The van der Waals surface area contributed by atoms with Gasteiger partial charge in [-0.05, 0) is 43.4 Å². The third kappa shape index (κ3) is 3.25. The SMILES string of the molecule is C#CCC(C)NC1CC(c2cccc(Cl)c2)C1. The summed E-state index contributed by atoms with van der Waals surface area (Å²) in [6.45, 7) is 2.15. The van der Waals surface area contributed by atoms with Gasteiger partial charge in [-0.25, -0.2) is 0 Å². The molecule has 1 atom stereocenters. The van der Waals surface area contributed by atoms with Gasteiger partial charge < -0.3 is 5.32 Å². The lowest BCUT2D eigenvalue weighted by atomic mass is 9.75. The third-order valence-electron chi connectivity index (χ3n) is 3.40. The van der Waals surface area contributed by atoms with Crippen molar-refractivity contribution in [2.75, 3.05) is 0 Å². The molecule has 1 saturated carbocycles. The van der Waals surface area contributed by atoms with Crippen LogP contribution in [0.2, 0.25) is 5.02 Å². The maximum atomic E-state index is 5.99. The standard InChI is InChI=1S/C15H18ClN/c1-3-5-11(2)17-15-9-13(10-15)12-6-4-7-14(16)8-12/h1,4,6-8,11,13,15,17H,5,9-10H2,2H3. The van der Waals surface area contributed by atoms with Crippen molar-refractivity contribution < 1.29 is 0 Å². The van der Waals surface area contributed by atoms with Crippen molar-refractivity contribution in [3.05, 3.63) is 34.9 Å². The Balaban J connectivity index is 1.81. The van der Waals surface area contributed by atoms with E-state index in [2.05, 4.69) is 30.3 Å². The topological polar surface area (TPSA) is 12.0 Å². The van der Waals surface area contributed by atoms with Crippen molar-refractivity contribution in [3.63, 3.8) is 0 Å². The highest BCUT2D eigenvalue weighted by Gasteiger charge is 2.30. The lowest BCUT2D eigenvalue weighted by molar-refractivity contribution is 0.271. The Labute approximate surface area is 109 Å². The summed E-state index contributed by atoms with van der Waals surface area (Å²) in [5.41, 5.74) is 1.36. The fourth-order valence-corrected chi connectivity index (χ4v) is 2.62. The molecule has 2 heteroatoms. The fourth-order valence-electron chi connectivity index (χ4n) is 2.42. The minimum atomic E-state index is 0.422. The minimum absolute atomic E-state index is 0.422. The molecule has 1 aromatic rings. The number of hydrogen-bond acceptors (Lipinski definition) is 1. The van der Waals surface area contributed by atoms with Gasteiger partial charge in [0.25, 0.3) is 0 Å². The van der Waals surface area contributed by atoms with E-state index in [0.717, 1.165) is 11.4 Å². The zero-order chi connectivity index (χ0) is 12.3. The van der Waals surface area contributed by atoms with Crippen LogP contribution in [0.5, 0.6) is 0 Å². The van der Waals surface area contributed by atoms with Gasteiger partial charge >= 0.3 is 0 Å². The van der Waals surface area contributed by atoms with Gasteiger partial charge in [0.1, 0.15) is 0 Å². The number of rotatable bonds is 4. The van der Waals surface area contributed by atoms with Crippen LogP contribution >= 0.6 is 11.6 Å². The highest BCUT2D eigenvalue weighted by Crippen LogP contribution is 2.37. The summed E-state index contributed by atoms with van der Waals surface area (Å²) in [7, 11) is 0. The van der Waals surface area contributed by atoms with E-state index in [1.807, 2.05) is 12.1 Å². The fraction of sp³-hybridized carbons (Fsp3) is 0.467. The Morgan fingerprint density at radius 2 is 2.29 bits per heavy atom. The summed E-state index contributed by atoms with van der Waals surface area (Å²) in [6.07, 6.45) is 8.48. The van der Waals surface area contributed by atoms with Gasteiger partial charge in [0.15, 0.2) is 0 Å². The Kier molecular flexibility index (Phi) is 4.10. The van der Waals surface area contributed by atoms with Crippen LogP contribution in [0, 0.1) is 12.3 Å². The van der Waals surface area contributed by atoms with E-state index in [0.29, 0.717) is 18.0 Å². The smallest absolute Gasteiger partial charge is 0.0408 e. The number of halogens is 1. The highest BCUT2D eigenvalue weighted by molar-refractivity contribution is 6.30. The summed E-state index contributed by atoms with van der Waals surface area (Å²) >= 11 is 5.99. The van der Waals surface area contributed by atoms with Gasteiger partial charge in [-0.3, -0.25) is 0 Å². The van der Waals surface area contributed by atoms with E-state index in [4.69, 9.17) is 18.0 Å².